The van der Waals surface area contributed by atoms with Crippen molar-refractivity contribution in [3.63, 3.8) is 0 Å². The van der Waals surface area contributed by atoms with Crippen molar-refractivity contribution in [2.24, 2.45) is 10.8 Å². The van der Waals surface area contributed by atoms with Gasteiger partial charge in [-0.15, -0.1) is 11.3 Å². The summed E-state index contributed by atoms with van der Waals surface area (Å²) < 4.78 is 0.879. The second kappa shape index (κ2) is 4.50. The molecular weight excluding hydrogens is 256 g/mol. The van der Waals surface area contributed by atoms with Crippen LogP contribution in [-0.4, -0.2) is 11.2 Å². The van der Waals surface area contributed by atoms with E-state index in [0.717, 1.165) is 26.0 Å². The van der Waals surface area contributed by atoms with E-state index in [1.54, 1.807) is 11.3 Å². The second-order valence-corrected chi connectivity index (χ2v) is 5.35. The average Bonchev–Trinajstić information content (AvgIpc) is 2.88. The van der Waals surface area contributed by atoms with Crippen LogP contribution in [0.15, 0.2) is 41.4 Å². The lowest BCUT2D eigenvalue weighted by Gasteiger charge is -2.23. The van der Waals surface area contributed by atoms with E-state index in [1.807, 2.05) is 25.1 Å². The molecule has 2 aromatic rings. The first-order valence-electron chi connectivity index (χ1n) is 5.88. The molecule has 1 aromatic heterocycles. The van der Waals surface area contributed by atoms with Gasteiger partial charge in [-0.3, -0.25) is 5.01 Å². The zero-order valence-corrected chi connectivity index (χ0v) is 11.2. The third-order valence-corrected chi connectivity index (χ3v) is 4.26. The van der Waals surface area contributed by atoms with Crippen LogP contribution >= 0.6 is 11.3 Å². The third-order valence-electron chi connectivity index (χ3n) is 3.17. The van der Waals surface area contributed by atoms with Gasteiger partial charge in [0.25, 0.3) is 0 Å². The van der Waals surface area contributed by atoms with Crippen LogP contribution in [0, 0.1) is 11.3 Å². The summed E-state index contributed by atoms with van der Waals surface area (Å²) in [6.07, 6.45) is -0.630. The highest BCUT2D eigenvalue weighted by Crippen LogP contribution is 2.21. The van der Waals surface area contributed by atoms with E-state index < -0.39 is 6.17 Å². The van der Waals surface area contributed by atoms with Crippen LogP contribution in [0.5, 0.6) is 0 Å². The maximum absolute atomic E-state index is 9.05. The summed E-state index contributed by atoms with van der Waals surface area (Å²) in [7, 11) is 0. The number of nitrogens with two attached hydrogens (primary N) is 1. The summed E-state index contributed by atoms with van der Waals surface area (Å²) in [6, 6.07) is 14.3. The van der Waals surface area contributed by atoms with Gasteiger partial charge in [0.05, 0.1) is 0 Å². The summed E-state index contributed by atoms with van der Waals surface area (Å²) in [5.41, 5.74) is 2.04. The van der Waals surface area contributed by atoms with Crippen molar-refractivity contribution in [1.82, 2.24) is 5.01 Å². The zero-order valence-electron chi connectivity index (χ0n) is 10.4. The molecule has 3 rings (SSSR count). The fourth-order valence-electron chi connectivity index (χ4n) is 2.07. The molecule has 0 saturated carbocycles. The monoisotopic (exact) mass is 268 g/mol. The van der Waals surface area contributed by atoms with E-state index in [0.29, 0.717) is 0 Å². The first-order chi connectivity index (χ1) is 9.20. The van der Waals surface area contributed by atoms with Crippen LogP contribution in [-0.2, 0) is 0 Å². The Hall–Kier alpha value is -2.16. The Bertz CT molecular complexity index is 770. The first kappa shape index (κ1) is 11.9. The van der Waals surface area contributed by atoms with Gasteiger partial charge in [-0.05, 0) is 18.6 Å². The Morgan fingerprint density at radius 2 is 2.11 bits per heavy atom. The van der Waals surface area contributed by atoms with Crippen molar-refractivity contribution in [3.05, 3.63) is 46.3 Å². The Kier molecular flexibility index (Phi) is 2.82. The van der Waals surface area contributed by atoms with E-state index in [-0.39, 0.29) is 0 Å². The molecule has 1 aromatic carbocycles. The fourth-order valence-corrected chi connectivity index (χ4v) is 3.18. The molecule has 94 valence electrons. The van der Waals surface area contributed by atoms with Crippen molar-refractivity contribution in [2.45, 2.75) is 13.1 Å². The Labute approximate surface area is 114 Å². The lowest BCUT2D eigenvalue weighted by molar-refractivity contribution is 0.350. The summed E-state index contributed by atoms with van der Waals surface area (Å²) in [4.78, 5) is 5.52. The molecule has 4 nitrogen and oxygen atoms in total. The molecule has 0 amide bonds. The number of hydrazine groups is 1. The van der Waals surface area contributed by atoms with Crippen molar-refractivity contribution < 1.29 is 0 Å². The minimum Gasteiger partial charge on any atom is -0.278 e. The zero-order chi connectivity index (χ0) is 13.4. The van der Waals surface area contributed by atoms with Gasteiger partial charge in [0.2, 0.25) is 6.17 Å². The van der Waals surface area contributed by atoms with Gasteiger partial charge >= 0.3 is 0 Å². The first-order valence-corrected chi connectivity index (χ1v) is 6.70. The molecule has 0 bridgehead atoms. The molecule has 0 radical (unpaired) electrons. The number of nitriles is 1. The van der Waals surface area contributed by atoms with E-state index in [4.69, 9.17) is 11.1 Å². The summed E-state index contributed by atoms with van der Waals surface area (Å²) >= 11 is 1.59. The van der Waals surface area contributed by atoms with Crippen molar-refractivity contribution in [2.75, 3.05) is 0 Å². The number of fused-ring (bicyclic) bond motifs is 1. The van der Waals surface area contributed by atoms with Crippen LogP contribution in [0.25, 0.3) is 16.1 Å². The van der Waals surface area contributed by atoms with Crippen LogP contribution in [0.1, 0.15) is 6.92 Å². The molecule has 1 unspecified atom stereocenters. The second-order valence-electron chi connectivity index (χ2n) is 4.32. The molecule has 2 heterocycles. The highest BCUT2D eigenvalue weighted by atomic mass is 32.1. The number of hydrogen-bond acceptors (Lipinski definition) is 5. The van der Waals surface area contributed by atoms with E-state index in [2.05, 4.69) is 29.3 Å². The molecular formula is C14H12N4S. The standard InChI is InChI=1S/C14H12N4S/c1-9-11-7-12(10-5-3-2-4-6-10)19-14(11)17-13(8-15)18(9)16/h2-7,13H,16H2,1H3. The van der Waals surface area contributed by atoms with E-state index >= 15 is 0 Å². The molecule has 5 heteroatoms. The van der Waals surface area contributed by atoms with Gasteiger partial charge in [0.1, 0.15) is 10.7 Å². The molecule has 0 aliphatic carbocycles. The minimum absolute atomic E-state index is 0.630. The van der Waals surface area contributed by atoms with Gasteiger partial charge in [-0.2, -0.15) is 5.26 Å². The summed E-state index contributed by atoms with van der Waals surface area (Å²) in [5.74, 6) is 5.88. The number of rotatable bonds is 1. The Morgan fingerprint density at radius 1 is 1.37 bits per heavy atom. The maximum atomic E-state index is 9.05. The highest BCUT2D eigenvalue weighted by Gasteiger charge is 2.19. The maximum Gasteiger partial charge on any atom is 0.223 e. The Morgan fingerprint density at radius 3 is 2.79 bits per heavy atom. The quantitative estimate of drug-likeness (QED) is 0.790. The number of nitrogens with zero attached hydrogens (tertiary/aromatic N) is 3. The van der Waals surface area contributed by atoms with Gasteiger partial charge < -0.3 is 0 Å². The summed E-state index contributed by atoms with van der Waals surface area (Å²) in [6.45, 7) is 1.92. The topological polar surface area (TPSA) is 65.4 Å². The van der Waals surface area contributed by atoms with Crippen LogP contribution in [0.4, 0.5) is 0 Å². The van der Waals surface area contributed by atoms with Crippen LogP contribution < -0.4 is 15.7 Å². The van der Waals surface area contributed by atoms with Crippen molar-refractivity contribution in [1.29, 1.82) is 5.26 Å². The molecule has 0 spiro atoms. The minimum atomic E-state index is -0.630. The largest absolute Gasteiger partial charge is 0.278 e. The van der Waals surface area contributed by atoms with Gasteiger partial charge in [0.15, 0.2) is 0 Å². The molecule has 2 N–H and O–H groups in total. The fraction of sp³-hybridized carbons (Fsp3) is 0.143. The molecule has 1 aliphatic rings. The van der Waals surface area contributed by atoms with E-state index in [1.165, 1.54) is 5.01 Å². The lowest BCUT2D eigenvalue weighted by atomic mass is 10.2. The SMILES string of the molecule is CC1=c2cc(-c3ccccc3)sc2=NC(C#N)N1N. The molecule has 0 fully saturated rings. The van der Waals surface area contributed by atoms with Crippen LogP contribution in [0.3, 0.4) is 0 Å². The molecule has 0 saturated heterocycles. The smallest absolute Gasteiger partial charge is 0.223 e. The van der Waals surface area contributed by atoms with E-state index in [9.17, 15) is 0 Å². The van der Waals surface area contributed by atoms with Crippen molar-refractivity contribution >= 4 is 17.0 Å². The van der Waals surface area contributed by atoms with Gasteiger partial charge in [-0.1, -0.05) is 30.3 Å². The molecule has 1 aliphatic heterocycles. The average molecular weight is 268 g/mol. The number of thiophene rings is 1. The lowest BCUT2D eigenvalue weighted by Crippen LogP contribution is -2.46. The normalized spacial score (nSPS) is 17.6. The predicted octanol–water partition coefficient (Wildman–Crippen LogP) is 1.20. The number of benzene rings is 1. The molecule has 19 heavy (non-hydrogen) atoms. The van der Waals surface area contributed by atoms with Crippen LogP contribution in [0.2, 0.25) is 0 Å². The molecule has 1 atom stereocenters. The highest BCUT2D eigenvalue weighted by molar-refractivity contribution is 7.13. The Balaban J connectivity index is 2.23. The number of hydrogen-bond donors (Lipinski definition) is 1. The predicted molar refractivity (Wildman–Crippen MR) is 75.0 cm³/mol. The van der Waals surface area contributed by atoms with Gasteiger partial charge in [-0.25, -0.2) is 10.8 Å². The third kappa shape index (κ3) is 1.91. The van der Waals surface area contributed by atoms with Gasteiger partial charge in [0, 0.05) is 15.8 Å². The van der Waals surface area contributed by atoms with Crippen molar-refractivity contribution in [3.8, 4) is 16.5 Å². The summed E-state index contributed by atoms with van der Waals surface area (Å²) in [5, 5.41) is 11.5.